The lowest BCUT2D eigenvalue weighted by atomic mass is 9.85. The molecule has 1 saturated carbocycles. The summed E-state index contributed by atoms with van der Waals surface area (Å²) in [4.78, 5) is 4.24. The third-order valence-electron chi connectivity index (χ3n) is 3.90. The molecule has 1 aliphatic carbocycles. The van der Waals surface area contributed by atoms with Gasteiger partial charge in [0, 0.05) is 20.1 Å². The summed E-state index contributed by atoms with van der Waals surface area (Å²) >= 11 is 0. The molecule has 0 spiro atoms. The van der Waals surface area contributed by atoms with Crippen LogP contribution in [0.2, 0.25) is 0 Å². The first-order valence-electron chi connectivity index (χ1n) is 7.18. The maximum Gasteiger partial charge on any atom is 0.231 e. The number of nitrogens with one attached hydrogen (secondary N) is 2. The predicted molar refractivity (Wildman–Crippen MR) is 78.1 cm³/mol. The molecule has 1 aromatic rings. The summed E-state index contributed by atoms with van der Waals surface area (Å²) < 4.78 is 10.7. The van der Waals surface area contributed by atoms with Crippen molar-refractivity contribution < 1.29 is 9.47 Å². The van der Waals surface area contributed by atoms with Crippen LogP contribution in [-0.4, -0.2) is 26.3 Å². The van der Waals surface area contributed by atoms with E-state index in [4.69, 9.17) is 9.47 Å². The maximum absolute atomic E-state index is 5.38. The van der Waals surface area contributed by atoms with Gasteiger partial charge in [0.1, 0.15) is 0 Å². The summed E-state index contributed by atoms with van der Waals surface area (Å²) in [6, 6.07) is 6.00. The second-order valence-corrected chi connectivity index (χ2v) is 5.29. The molecule has 20 heavy (non-hydrogen) atoms. The molecule has 0 aromatic heterocycles. The fourth-order valence-electron chi connectivity index (χ4n) is 2.40. The molecule has 1 fully saturated rings. The Morgan fingerprint density at radius 2 is 2.10 bits per heavy atom. The van der Waals surface area contributed by atoms with Crippen molar-refractivity contribution in [2.24, 2.45) is 10.9 Å². The number of aliphatic imine (C=N–C) groups is 1. The molecule has 0 atom stereocenters. The SMILES string of the molecule is CN=C(NCc1ccc2c(c1)OCO2)NCC1CCC1. The summed E-state index contributed by atoms with van der Waals surface area (Å²) in [5, 5.41) is 6.70. The average molecular weight is 275 g/mol. The minimum absolute atomic E-state index is 0.316. The van der Waals surface area contributed by atoms with E-state index in [0.717, 1.165) is 42.0 Å². The third kappa shape index (κ3) is 2.98. The van der Waals surface area contributed by atoms with Crippen molar-refractivity contribution in [1.29, 1.82) is 0 Å². The van der Waals surface area contributed by atoms with Crippen LogP contribution in [0, 0.1) is 5.92 Å². The molecule has 0 bridgehead atoms. The third-order valence-corrected chi connectivity index (χ3v) is 3.90. The number of rotatable bonds is 4. The van der Waals surface area contributed by atoms with Crippen molar-refractivity contribution in [3.63, 3.8) is 0 Å². The Hall–Kier alpha value is -1.91. The van der Waals surface area contributed by atoms with Crippen LogP contribution < -0.4 is 20.1 Å². The van der Waals surface area contributed by atoms with E-state index in [0.29, 0.717) is 6.79 Å². The lowest BCUT2D eigenvalue weighted by molar-refractivity contribution is 0.174. The van der Waals surface area contributed by atoms with E-state index in [-0.39, 0.29) is 0 Å². The standard InChI is InChI=1S/C15H21N3O2/c1-16-15(17-8-11-3-2-4-11)18-9-12-5-6-13-14(7-12)20-10-19-13/h5-7,11H,2-4,8-10H2,1H3,(H2,16,17,18). The topological polar surface area (TPSA) is 54.9 Å². The fourth-order valence-corrected chi connectivity index (χ4v) is 2.40. The molecule has 3 rings (SSSR count). The van der Waals surface area contributed by atoms with Crippen LogP contribution in [0.4, 0.5) is 0 Å². The Kier molecular flexibility index (Phi) is 3.95. The first-order chi connectivity index (χ1) is 9.85. The van der Waals surface area contributed by atoms with Crippen molar-refractivity contribution in [3.8, 4) is 11.5 Å². The van der Waals surface area contributed by atoms with Gasteiger partial charge in [-0.1, -0.05) is 12.5 Å². The number of benzene rings is 1. The Morgan fingerprint density at radius 3 is 2.85 bits per heavy atom. The summed E-state index contributed by atoms with van der Waals surface area (Å²) in [5.41, 5.74) is 1.15. The van der Waals surface area contributed by atoms with Gasteiger partial charge in [-0.25, -0.2) is 0 Å². The zero-order chi connectivity index (χ0) is 13.8. The van der Waals surface area contributed by atoms with Crippen molar-refractivity contribution in [1.82, 2.24) is 10.6 Å². The highest BCUT2D eigenvalue weighted by molar-refractivity contribution is 5.79. The van der Waals surface area contributed by atoms with Gasteiger partial charge in [0.25, 0.3) is 0 Å². The zero-order valence-electron chi connectivity index (χ0n) is 11.8. The molecule has 0 saturated heterocycles. The second-order valence-electron chi connectivity index (χ2n) is 5.29. The number of ether oxygens (including phenoxy) is 2. The highest BCUT2D eigenvalue weighted by atomic mass is 16.7. The van der Waals surface area contributed by atoms with E-state index in [1.807, 2.05) is 18.2 Å². The van der Waals surface area contributed by atoms with Gasteiger partial charge in [0.2, 0.25) is 6.79 Å². The molecule has 1 aliphatic heterocycles. The van der Waals surface area contributed by atoms with Gasteiger partial charge < -0.3 is 20.1 Å². The van der Waals surface area contributed by atoms with E-state index < -0.39 is 0 Å². The van der Waals surface area contributed by atoms with Gasteiger partial charge in [-0.2, -0.15) is 0 Å². The van der Waals surface area contributed by atoms with E-state index in [9.17, 15) is 0 Å². The van der Waals surface area contributed by atoms with Crippen LogP contribution in [0.5, 0.6) is 11.5 Å². The van der Waals surface area contributed by atoms with Gasteiger partial charge in [-0.15, -0.1) is 0 Å². The molecule has 2 aliphatic rings. The molecular formula is C15H21N3O2. The van der Waals surface area contributed by atoms with Crippen LogP contribution in [-0.2, 0) is 6.54 Å². The van der Waals surface area contributed by atoms with Crippen LogP contribution in [0.1, 0.15) is 24.8 Å². The molecular weight excluding hydrogens is 254 g/mol. The van der Waals surface area contributed by atoms with Crippen LogP contribution in [0.25, 0.3) is 0 Å². The van der Waals surface area contributed by atoms with Crippen LogP contribution in [0.15, 0.2) is 23.2 Å². The minimum Gasteiger partial charge on any atom is -0.454 e. The lowest BCUT2D eigenvalue weighted by Crippen LogP contribution is -2.40. The van der Waals surface area contributed by atoms with Crippen LogP contribution in [0.3, 0.4) is 0 Å². The van der Waals surface area contributed by atoms with Gasteiger partial charge in [-0.05, 0) is 36.5 Å². The molecule has 0 amide bonds. The molecule has 0 unspecified atom stereocenters. The monoisotopic (exact) mass is 275 g/mol. The van der Waals surface area contributed by atoms with E-state index in [1.54, 1.807) is 7.05 Å². The lowest BCUT2D eigenvalue weighted by Gasteiger charge is -2.26. The van der Waals surface area contributed by atoms with Crippen molar-refractivity contribution >= 4 is 5.96 Å². The second kappa shape index (κ2) is 6.03. The normalized spacial score (nSPS) is 17.8. The van der Waals surface area contributed by atoms with Gasteiger partial charge in [-0.3, -0.25) is 4.99 Å². The quantitative estimate of drug-likeness (QED) is 0.651. The molecule has 1 aromatic carbocycles. The summed E-state index contributed by atoms with van der Waals surface area (Å²) in [5.74, 6) is 3.32. The number of fused-ring (bicyclic) bond motifs is 1. The molecule has 1 heterocycles. The highest BCUT2D eigenvalue weighted by Crippen LogP contribution is 2.32. The summed E-state index contributed by atoms with van der Waals surface area (Å²) in [6.07, 6.45) is 4.05. The molecule has 2 N–H and O–H groups in total. The molecule has 0 radical (unpaired) electrons. The van der Waals surface area contributed by atoms with Gasteiger partial charge in [0.05, 0.1) is 0 Å². The fraction of sp³-hybridized carbons (Fsp3) is 0.533. The average Bonchev–Trinajstić information content (AvgIpc) is 2.88. The number of nitrogens with zero attached hydrogens (tertiary/aromatic N) is 1. The van der Waals surface area contributed by atoms with E-state index in [1.165, 1.54) is 19.3 Å². The van der Waals surface area contributed by atoms with Gasteiger partial charge in [0.15, 0.2) is 17.5 Å². The first-order valence-corrected chi connectivity index (χ1v) is 7.18. The Bertz CT molecular complexity index is 498. The van der Waals surface area contributed by atoms with Crippen molar-refractivity contribution in [3.05, 3.63) is 23.8 Å². The zero-order valence-corrected chi connectivity index (χ0v) is 11.8. The van der Waals surface area contributed by atoms with Gasteiger partial charge >= 0.3 is 0 Å². The minimum atomic E-state index is 0.316. The highest BCUT2D eigenvalue weighted by Gasteiger charge is 2.17. The largest absolute Gasteiger partial charge is 0.454 e. The summed E-state index contributed by atoms with van der Waals surface area (Å²) in [7, 11) is 1.80. The summed E-state index contributed by atoms with van der Waals surface area (Å²) in [6.45, 7) is 2.05. The predicted octanol–water partition coefficient (Wildman–Crippen LogP) is 1.88. The Labute approximate surface area is 119 Å². The molecule has 5 nitrogen and oxygen atoms in total. The maximum atomic E-state index is 5.38. The first kappa shape index (κ1) is 13.1. The van der Waals surface area contributed by atoms with E-state index >= 15 is 0 Å². The van der Waals surface area contributed by atoms with Crippen LogP contribution >= 0.6 is 0 Å². The molecule has 5 heteroatoms. The number of hydrogen-bond donors (Lipinski definition) is 2. The van der Waals surface area contributed by atoms with Crippen molar-refractivity contribution in [2.45, 2.75) is 25.8 Å². The number of guanidine groups is 1. The Balaban J connectivity index is 1.49. The molecule has 108 valence electrons. The van der Waals surface area contributed by atoms with E-state index in [2.05, 4.69) is 15.6 Å². The Morgan fingerprint density at radius 1 is 1.25 bits per heavy atom. The van der Waals surface area contributed by atoms with Crippen molar-refractivity contribution in [2.75, 3.05) is 20.4 Å². The smallest absolute Gasteiger partial charge is 0.231 e. The number of hydrogen-bond acceptors (Lipinski definition) is 3.